The van der Waals surface area contributed by atoms with Gasteiger partial charge in [-0.3, -0.25) is 9.97 Å². The van der Waals surface area contributed by atoms with Crippen molar-refractivity contribution in [2.75, 3.05) is 9.80 Å². The van der Waals surface area contributed by atoms with Gasteiger partial charge >= 0.3 is 0 Å². The maximum atomic E-state index is 5.42. The molecule has 2 aromatic carbocycles. The second-order valence-electron chi connectivity index (χ2n) is 10.9. The summed E-state index contributed by atoms with van der Waals surface area (Å²) in [5.41, 5.74) is 7.34. The van der Waals surface area contributed by atoms with Gasteiger partial charge in [0.25, 0.3) is 0 Å². The summed E-state index contributed by atoms with van der Waals surface area (Å²) in [7, 11) is 0. The molecule has 38 heavy (non-hydrogen) atoms. The normalized spacial score (nSPS) is 24.3. The molecule has 3 unspecified atom stereocenters. The highest BCUT2D eigenvalue weighted by molar-refractivity contribution is 5.91. The number of fused-ring (bicyclic) bond motifs is 8. The van der Waals surface area contributed by atoms with E-state index in [0.29, 0.717) is 0 Å². The molecule has 5 heterocycles. The van der Waals surface area contributed by atoms with E-state index in [4.69, 9.17) is 9.97 Å². The quantitative estimate of drug-likeness (QED) is 0.272. The molecule has 0 amide bonds. The van der Waals surface area contributed by atoms with Gasteiger partial charge in [-0.2, -0.15) is 0 Å². The summed E-state index contributed by atoms with van der Waals surface area (Å²) in [4.78, 5) is 24.5. The first kappa shape index (κ1) is 21.5. The molecule has 184 valence electrons. The molecular weight excluding hydrogens is 468 g/mol. The van der Waals surface area contributed by atoms with Crippen molar-refractivity contribution in [2.24, 2.45) is 5.41 Å². The predicted molar refractivity (Wildman–Crippen MR) is 150 cm³/mol. The molecule has 0 bridgehead atoms. The Hall–Kier alpha value is -4.58. The third-order valence-electron chi connectivity index (χ3n) is 8.89. The van der Waals surface area contributed by atoms with Crippen LogP contribution in [0.5, 0.6) is 0 Å². The molecule has 8 rings (SSSR count). The van der Waals surface area contributed by atoms with Crippen LogP contribution >= 0.6 is 0 Å². The van der Waals surface area contributed by atoms with Crippen LogP contribution in [0, 0.1) is 5.41 Å². The monoisotopic (exact) mass is 494 g/mol. The molecule has 0 N–H and O–H groups in total. The molecule has 3 aromatic heterocycles. The fourth-order valence-corrected chi connectivity index (χ4v) is 6.78. The van der Waals surface area contributed by atoms with E-state index < -0.39 is 0 Å². The van der Waals surface area contributed by atoms with Gasteiger partial charge in [0.05, 0.1) is 0 Å². The Labute approximate surface area is 221 Å². The van der Waals surface area contributed by atoms with Gasteiger partial charge in [0, 0.05) is 58.1 Å². The third kappa shape index (κ3) is 2.72. The van der Waals surface area contributed by atoms with Crippen molar-refractivity contribution < 1.29 is 0 Å². The standard InChI is InChI=1S/C32H26N6/c1-31-20-32(31,2)30-37(23-12-4-3-5-13-23)28-29(38(30)25-15-7-6-14-24(25)31)36-27(22-11-9-17-34-19-22)26(35-28)21-10-8-16-33-18-21/h3-19,30H,20H2,1-2H3. The van der Waals surface area contributed by atoms with Crippen LogP contribution in [0.4, 0.5) is 23.0 Å². The lowest BCUT2D eigenvalue weighted by Gasteiger charge is -2.44. The van der Waals surface area contributed by atoms with Gasteiger partial charge in [-0.25, -0.2) is 9.97 Å². The van der Waals surface area contributed by atoms with Gasteiger partial charge in [0.1, 0.15) is 17.6 Å². The molecule has 6 heteroatoms. The maximum Gasteiger partial charge on any atom is 0.179 e. The zero-order chi connectivity index (χ0) is 25.5. The first-order chi connectivity index (χ1) is 18.6. The smallest absolute Gasteiger partial charge is 0.179 e. The Morgan fingerprint density at radius 3 is 1.92 bits per heavy atom. The largest absolute Gasteiger partial charge is 0.301 e. The van der Waals surface area contributed by atoms with Crippen LogP contribution in [-0.4, -0.2) is 26.1 Å². The molecule has 6 nitrogen and oxygen atoms in total. The number of aromatic nitrogens is 4. The maximum absolute atomic E-state index is 5.42. The molecule has 0 saturated heterocycles. The summed E-state index contributed by atoms with van der Waals surface area (Å²) in [6, 6.07) is 27.4. The minimum Gasteiger partial charge on any atom is -0.301 e. The molecule has 0 spiro atoms. The summed E-state index contributed by atoms with van der Waals surface area (Å²) >= 11 is 0. The molecule has 5 aromatic rings. The summed E-state index contributed by atoms with van der Waals surface area (Å²) in [6.07, 6.45) is 8.47. The van der Waals surface area contributed by atoms with E-state index in [9.17, 15) is 0 Å². The minimum atomic E-state index is 0.0303. The van der Waals surface area contributed by atoms with E-state index in [1.54, 1.807) is 12.4 Å². The summed E-state index contributed by atoms with van der Waals surface area (Å²) in [5, 5.41) is 0. The van der Waals surface area contributed by atoms with Crippen LogP contribution in [0.1, 0.15) is 25.8 Å². The highest BCUT2D eigenvalue weighted by Crippen LogP contribution is 2.74. The number of pyridine rings is 2. The van der Waals surface area contributed by atoms with E-state index in [-0.39, 0.29) is 17.0 Å². The Kier molecular flexibility index (Phi) is 4.23. The molecule has 1 saturated carbocycles. The van der Waals surface area contributed by atoms with Crippen molar-refractivity contribution >= 4 is 23.0 Å². The van der Waals surface area contributed by atoms with Crippen LogP contribution in [0.3, 0.4) is 0 Å². The Morgan fingerprint density at radius 1 is 0.684 bits per heavy atom. The van der Waals surface area contributed by atoms with Crippen LogP contribution in [-0.2, 0) is 5.41 Å². The molecule has 2 aliphatic heterocycles. The third-order valence-corrected chi connectivity index (χ3v) is 8.89. The van der Waals surface area contributed by atoms with E-state index in [1.165, 1.54) is 11.3 Å². The van der Waals surface area contributed by atoms with Crippen LogP contribution in [0.15, 0.2) is 104 Å². The molecule has 1 aliphatic carbocycles. The van der Waals surface area contributed by atoms with Crippen molar-refractivity contribution in [1.29, 1.82) is 0 Å². The summed E-state index contributed by atoms with van der Waals surface area (Å²) < 4.78 is 0. The Bertz CT molecular complexity index is 1690. The predicted octanol–water partition coefficient (Wildman–Crippen LogP) is 6.90. The summed E-state index contributed by atoms with van der Waals surface area (Å²) in [6.45, 7) is 4.84. The summed E-state index contributed by atoms with van der Waals surface area (Å²) in [5.74, 6) is 1.76. The molecule has 3 aliphatic rings. The van der Waals surface area contributed by atoms with E-state index in [1.807, 2.05) is 36.7 Å². The number of hydrogen-bond donors (Lipinski definition) is 0. The fourth-order valence-electron chi connectivity index (χ4n) is 6.78. The number of rotatable bonds is 3. The molecule has 1 fully saturated rings. The second-order valence-corrected chi connectivity index (χ2v) is 10.9. The minimum absolute atomic E-state index is 0.0303. The van der Waals surface area contributed by atoms with Crippen LogP contribution in [0.2, 0.25) is 0 Å². The lowest BCUT2D eigenvalue weighted by atomic mass is 9.81. The van der Waals surface area contributed by atoms with Crippen LogP contribution in [0.25, 0.3) is 22.5 Å². The Balaban J connectivity index is 1.46. The first-order valence-corrected chi connectivity index (χ1v) is 13.1. The van der Waals surface area contributed by atoms with Crippen molar-refractivity contribution in [3.05, 3.63) is 109 Å². The van der Waals surface area contributed by atoms with Crippen LogP contribution < -0.4 is 9.80 Å². The van der Waals surface area contributed by atoms with E-state index in [0.717, 1.165) is 46.3 Å². The number of nitrogens with zero attached hydrogens (tertiary/aromatic N) is 6. The first-order valence-electron chi connectivity index (χ1n) is 13.1. The lowest BCUT2D eigenvalue weighted by molar-refractivity contribution is 0.371. The van der Waals surface area contributed by atoms with Gasteiger partial charge in [-0.05, 0) is 54.4 Å². The highest BCUT2D eigenvalue weighted by atomic mass is 15.5. The zero-order valence-corrected chi connectivity index (χ0v) is 21.3. The number of hydrogen-bond acceptors (Lipinski definition) is 6. The average molecular weight is 495 g/mol. The van der Waals surface area contributed by atoms with Crippen molar-refractivity contribution in [3.8, 4) is 22.5 Å². The molecular formula is C32H26N6. The van der Waals surface area contributed by atoms with E-state index >= 15 is 0 Å². The Morgan fingerprint density at radius 2 is 1.29 bits per heavy atom. The zero-order valence-electron chi connectivity index (χ0n) is 21.3. The van der Waals surface area contributed by atoms with Gasteiger partial charge in [-0.15, -0.1) is 0 Å². The molecule has 0 radical (unpaired) electrons. The topological polar surface area (TPSA) is 58.0 Å². The van der Waals surface area contributed by atoms with Gasteiger partial charge < -0.3 is 9.80 Å². The highest BCUT2D eigenvalue weighted by Gasteiger charge is 2.73. The molecule has 3 atom stereocenters. The SMILES string of the molecule is CC12CC1(C)C1N(c3ccccc3)c3nc(-c4cccnc4)c(-c4cccnc4)nc3N1c1ccccc12. The second kappa shape index (κ2) is 7.48. The lowest BCUT2D eigenvalue weighted by Crippen LogP contribution is -2.50. The van der Waals surface area contributed by atoms with Gasteiger partial charge in [0.2, 0.25) is 0 Å². The van der Waals surface area contributed by atoms with Gasteiger partial charge in [-0.1, -0.05) is 50.2 Å². The van der Waals surface area contributed by atoms with Gasteiger partial charge in [0.15, 0.2) is 11.6 Å². The van der Waals surface area contributed by atoms with Crippen molar-refractivity contribution in [3.63, 3.8) is 0 Å². The average Bonchev–Trinajstić information content (AvgIpc) is 3.41. The van der Waals surface area contributed by atoms with E-state index in [2.05, 4.69) is 88.2 Å². The number of benzene rings is 2. The number of anilines is 4. The number of para-hydroxylation sites is 2. The van der Waals surface area contributed by atoms with Crippen molar-refractivity contribution in [2.45, 2.75) is 31.8 Å². The fraction of sp³-hybridized carbons (Fsp3) is 0.188. The van der Waals surface area contributed by atoms with Crippen molar-refractivity contribution in [1.82, 2.24) is 19.9 Å².